The molecular formula is C15H18N2O3S. The highest BCUT2D eigenvalue weighted by atomic mass is 32.2. The van der Waals surface area contributed by atoms with Crippen LogP contribution in [0.25, 0.3) is 0 Å². The molecule has 0 aliphatic heterocycles. The molecule has 1 aromatic rings. The molecule has 2 amide bonds. The maximum absolute atomic E-state index is 11.6. The number of carbonyl (C=O) groups is 2. The number of carboxylic acids is 1. The summed E-state index contributed by atoms with van der Waals surface area (Å²) in [5, 5.41) is 14.3. The van der Waals surface area contributed by atoms with Gasteiger partial charge in [0.05, 0.1) is 12.2 Å². The summed E-state index contributed by atoms with van der Waals surface area (Å²) in [7, 11) is 0. The van der Waals surface area contributed by atoms with E-state index in [-0.39, 0.29) is 12.5 Å². The second kappa shape index (κ2) is 9.72. The predicted molar refractivity (Wildman–Crippen MR) is 84.2 cm³/mol. The Kier molecular flexibility index (Phi) is 7.84. The van der Waals surface area contributed by atoms with Crippen LogP contribution in [-0.4, -0.2) is 35.2 Å². The highest BCUT2D eigenvalue weighted by Gasteiger charge is 2.07. The van der Waals surface area contributed by atoms with Gasteiger partial charge in [0.25, 0.3) is 0 Å². The quantitative estimate of drug-likeness (QED) is 0.502. The first-order valence-corrected chi connectivity index (χ1v) is 7.60. The molecule has 0 aliphatic rings. The van der Waals surface area contributed by atoms with Crippen LogP contribution < -0.4 is 10.6 Å². The number of thioether (sulfide) groups is 1. The van der Waals surface area contributed by atoms with Gasteiger partial charge in [0.15, 0.2) is 0 Å². The zero-order valence-corrected chi connectivity index (χ0v) is 12.4. The third-order valence-corrected chi connectivity index (χ3v) is 3.48. The molecule has 0 aromatic heterocycles. The molecule has 0 atom stereocenters. The first-order valence-electron chi connectivity index (χ1n) is 6.45. The molecule has 6 heteroatoms. The van der Waals surface area contributed by atoms with Crippen molar-refractivity contribution >= 4 is 23.8 Å². The third-order valence-electron chi connectivity index (χ3n) is 2.62. The number of urea groups is 1. The average molecular weight is 306 g/mol. The number of hydrogen-bond donors (Lipinski definition) is 3. The van der Waals surface area contributed by atoms with E-state index >= 15 is 0 Å². The van der Waals surface area contributed by atoms with Crippen molar-refractivity contribution in [3.63, 3.8) is 0 Å². The van der Waals surface area contributed by atoms with Crippen LogP contribution in [0.5, 0.6) is 0 Å². The van der Waals surface area contributed by atoms with E-state index in [0.29, 0.717) is 24.4 Å². The lowest BCUT2D eigenvalue weighted by Crippen LogP contribution is -2.36. The molecule has 0 aliphatic carbocycles. The molecule has 0 spiro atoms. The van der Waals surface area contributed by atoms with Crippen molar-refractivity contribution in [2.75, 3.05) is 18.1 Å². The van der Waals surface area contributed by atoms with Gasteiger partial charge >= 0.3 is 12.0 Å². The zero-order valence-electron chi connectivity index (χ0n) is 11.6. The summed E-state index contributed by atoms with van der Waals surface area (Å²) in [5.74, 6) is 3.01. The Labute approximate surface area is 128 Å². The first kappa shape index (κ1) is 16.9. The summed E-state index contributed by atoms with van der Waals surface area (Å²) in [4.78, 5) is 22.4. The van der Waals surface area contributed by atoms with Crippen LogP contribution in [0.3, 0.4) is 0 Å². The summed E-state index contributed by atoms with van der Waals surface area (Å²) in [6.45, 7) is 0.835. The van der Waals surface area contributed by atoms with Crippen LogP contribution in [0.15, 0.2) is 24.3 Å². The first-order chi connectivity index (χ1) is 10.1. The van der Waals surface area contributed by atoms with Crippen LogP contribution in [0, 0.1) is 12.3 Å². The van der Waals surface area contributed by atoms with Crippen LogP contribution >= 0.6 is 11.8 Å². The summed E-state index contributed by atoms with van der Waals surface area (Å²) in [6.07, 6.45) is 5.07. The number of aliphatic carboxylic acids is 1. The van der Waals surface area contributed by atoms with Gasteiger partial charge < -0.3 is 15.7 Å². The Bertz CT molecular complexity index is 526. The largest absolute Gasteiger partial charge is 0.481 e. The minimum Gasteiger partial charge on any atom is -0.481 e. The summed E-state index contributed by atoms with van der Waals surface area (Å²) >= 11 is 1.58. The predicted octanol–water partition coefficient (Wildman–Crippen LogP) is 1.48. The maximum atomic E-state index is 11.6. The molecule has 21 heavy (non-hydrogen) atoms. The number of nitrogens with one attached hydrogen (secondary N) is 2. The smallest absolute Gasteiger partial charge is 0.315 e. The number of benzene rings is 1. The number of amides is 2. The Hall–Kier alpha value is -2.13. The molecule has 0 bridgehead atoms. The van der Waals surface area contributed by atoms with E-state index in [1.165, 1.54) is 0 Å². The molecule has 0 fully saturated rings. The minimum atomic E-state index is -0.891. The van der Waals surface area contributed by atoms with E-state index in [2.05, 4.69) is 16.6 Å². The second-order valence-corrected chi connectivity index (χ2v) is 5.31. The molecule has 5 nitrogen and oxygen atoms in total. The fourth-order valence-corrected chi connectivity index (χ4v) is 2.18. The van der Waals surface area contributed by atoms with Crippen LogP contribution in [-0.2, 0) is 17.8 Å². The van der Waals surface area contributed by atoms with Gasteiger partial charge in [-0.25, -0.2) is 4.79 Å². The minimum absolute atomic E-state index is 0.0534. The van der Waals surface area contributed by atoms with Gasteiger partial charge in [0.2, 0.25) is 0 Å². The van der Waals surface area contributed by atoms with Crippen LogP contribution in [0.1, 0.15) is 11.1 Å². The van der Waals surface area contributed by atoms with E-state index in [4.69, 9.17) is 11.5 Å². The Morgan fingerprint density at radius 3 is 2.62 bits per heavy atom. The monoisotopic (exact) mass is 306 g/mol. The summed E-state index contributed by atoms with van der Waals surface area (Å²) in [5.41, 5.74) is 1.51. The molecule has 3 N–H and O–H groups in total. The molecule has 1 rings (SSSR count). The van der Waals surface area contributed by atoms with Gasteiger partial charge in [-0.05, 0) is 11.1 Å². The van der Waals surface area contributed by atoms with Gasteiger partial charge in [-0.15, -0.1) is 18.2 Å². The van der Waals surface area contributed by atoms with E-state index in [9.17, 15) is 9.59 Å². The number of hydrogen-bond acceptors (Lipinski definition) is 3. The molecular weight excluding hydrogens is 288 g/mol. The topological polar surface area (TPSA) is 78.4 Å². The van der Waals surface area contributed by atoms with Gasteiger partial charge in [-0.1, -0.05) is 30.2 Å². The highest BCUT2D eigenvalue weighted by Crippen LogP contribution is 2.09. The van der Waals surface area contributed by atoms with Crippen molar-refractivity contribution < 1.29 is 14.7 Å². The highest BCUT2D eigenvalue weighted by molar-refractivity contribution is 7.99. The summed E-state index contributed by atoms with van der Waals surface area (Å²) in [6, 6.07) is 6.88. The van der Waals surface area contributed by atoms with E-state index < -0.39 is 5.97 Å². The van der Waals surface area contributed by atoms with Gasteiger partial charge in [-0.3, -0.25) is 4.79 Å². The van der Waals surface area contributed by atoms with Crippen molar-refractivity contribution in [2.45, 2.75) is 13.0 Å². The fraction of sp³-hybridized carbons (Fsp3) is 0.333. The molecule has 0 radical (unpaired) electrons. The lowest BCUT2D eigenvalue weighted by atomic mass is 10.0. The lowest BCUT2D eigenvalue weighted by Gasteiger charge is -2.10. The van der Waals surface area contributed by atoms with Crippen molar-refractivity contribution in [3.8, 4) is 12.3 Å². The molecule has 0 unspecified atom stereocenters. The maximum Gasteiger partial charge on any atom is 0.315 e. The fourth-order valence-electron chi connectivity index (χ4n) is 1.67. The normalized spacial score (nSPS) is 9.67. The Balaban J connectivity index is 2.36. The van der Waals surface area contributed by atoms with E-state index in [1.54, 1.807) is 30.0 Å². The van der Waals surface area contributed by atoms with Gasteiger partial charge in [-0.2, -0.15) is 0 Å². The zero-order chi connectivity index (χ0) is 15.5. The SMILES string of the molecule is C#CCSCCNC(=O)NCc1ccccc1CC(=O)O. The molecule has 1 aromatic carbocycles. The van der Waals surface area contributed by atoms with Gasteiger partial charge in [0, 0.05) is 18.8 Å². The summed E-state index contributed by atoms with van der Waals surface area (Å²) < 4.78 is 0. The van der Waals surface area contributed by atoms with E-state index in [1.807, 2.05) is 6.07 Å². The average Bonchev–Trinajstić information content (AvgIpc) is 2.45. The number of carbonyl (C=O) groups excluding carboxylic acids is 1. The van der Waals surface area contributed by atoms with Crippen molar-refractivity contribution in [1.82, 2.24) is 10.6 Å². The number of terminal acetylenes is 1. The van der Waals surface area contributed by atoms with Crippen molar-refractivity contribution in [2.24, 2.45) is 0 Å². The van der Waals surface area contributed by atoms with Gasteiger partial charge in [0.1, 0.15) is 0 Å². The standard InChI is InChI=1S/C15H18N2O3S/c1-2-8-21-9-7-16-15(20)17-11-13-6-4-3-5-12(13)10-14(18)19/h1,3-6H,7-11H2,(H,18,19)(H2,16,17,20). The Morgan fingerprint density at radius 1 is 1.24 bits per heavy atom. The Morgan fingerprint density at radius 2 is 1.95 bits per heavy atom. The lowest BCUT2D eigenvalue weighted by molar-refractivity contribution is -0.136. The number of rotatable bonds is 8. The third kappa shape index (κ3) is 7.28. The van der Waals surface area contributed by atoms with Crippen LogP contribution in [0.4, 0.5) is 4.79 Å². The van der Waals surface area contributed by atoms with E-state index in [0.717, 1.165) is 11.3 Å². The molecule has 0 saturated heterocycles. The van der Waals surface area contributed by atoms with Crippen molar-refractivity contribution in [3.05, 3.63) is 35.4 Å². The molecule has 112 valence electrons. The second-order valence-electron chi connectivity index (χ2n) is 4.21. The molecule has 0 saturated carbocycles. The number of carboxylic acid groups (broad SMARTS) is 1. The van der Waals surface area contributed by atoms with Crippen LogP contribution in [0.2, 0.25) is 0 Å². The molecule has 0 heterocycles. The van der Waals surface area contributed by atoms with Crippen molar-refractivity contribution in [1.29, 1.82) is 0 Å².